The Balaban J connectivity index is 3.97. The standard InChI is InChI=1S/C17H36O7/c1-3-5-7-21-11-16(20)12-24-17(13-22-8-6-4-2)14-23-10-15(19)9-18/h15-20H,3-14H2,1-2H3. The van der Waals surface area contributed by atoms with E-state index >= 15 is 0 Å². The Bertz CT molecular complexity index is 253. The van der Waals surface area contributed by atoms with Crippen LogP contribution in [0, 0.1) is 0 Å². The molecule has 0 bridgehead atoms. The number of ether oxygens (including phenoxy) is 4. The van der Waals surface area contributed by atoms with E-state index in [9.17, 15) is 10.2 Å². The van der Waals surface area contributed by atoms with E-state index in [4.69, 9.17) is 24.1 Å². The molecule has 3 atom stereocenters. The predicted molar refractivity (Wildman–Crippen MR) is 91.1 cm³/mol. The molecule has 0 aliphatic heterocycles. The van der Waals surface area contributed by atoms with E-state index in [1.807, 2.05) is 0 Å². The van der Waals surface area contributed by atoms with Crippen molar-refractivity contribution in [1.29, 1.82) is 0 Å². The van der Waals surface area contributed by atoms with Crippen molar-refractivity contribution >= 4 is 0 Å². The summed E-state index contributed by atoms with van der Waals surface area (Å²) < 4.78 is 21.8. The van der Waals surface area contributed by atoms with E-state index in [-0.39, 0.29) is 39.1 Å². The summed E-state index contributed by atoms with van der Waals surface area (Å²) in [7, 11) is 0. The molecule has 0 fully saturated rings. The van der Waals surface area contributed by atoms with Crippen molar-refractivity contribution in [3.63, 3.8) is 0 Å². The number of aliphatic hydroxyl groups excluding tert-OH is 3. The largest absolute Gasteiger partial charge is 0.394 e. The van der Waals surface area contributed by atoms with Crippen LogP contribution in [0.25, 0.3) is 0 Å². The molecule has 0 aliphatic rings. The number of hydrogen-bond donors (Lipinski definition) is 3. The summed E-state index contributed by atoms with van der Waals surface area (Å²) in [5, 5.41) is 27.9. The lowest BCUT2D eigenvalue weighted by Crippen LogP contribution is -2.33. The molecule has 24 heavy (non-hydrogen) atoms. The number of hydrogen-bond acceptors (Lipinski definition) is 7. The molecule has 0 heterocycles. The van der Waals surface area contributed by atoms with Crippen LogP contribution >= 0.6 is 0 Å². The van der Waals surface area contributed by atoms with Crippen molar-refractivity contribution in [2.45, 2.75) is 57.8 Å². The van der Waals surface area contributed by atoms with E-state index < -0.39 is 12.2 Å². The molecule has 146 valence electrons. The summed E-state index contributed by atoms with van der Waals surface area (Å²) in [4.78, 5) is 0. The van der Waals surface area contributed by atoms with Crippen LogP contribution in [0.3, 0.4) is 0 Å². The van der Waals surface area contributed by atoms with Gasteiger partial charge < -0.3 is 34.3 Å². The average molecular weight is 352 g/mol. The Kier molecular flexibility index (Phi) is 17.3. The van der Waals surface area contributed by atoms with Gasteiger partial charge in [0.1, 0.15) is 18.3 Å². The van der Waals surface area contributed by atoms with Gasteiger partial charge in [-0.05, 0) is 12.8 Å². The first-order valence-electron chi connectivity index (χ1n) is 8.95. The molecule has 7 heteroatoms. The molecule has 0 saturated carbocycles. The molecule has 3 unspecified atom stereocenters. The van der Waals surface area contributed by atoms with Crippen molar-refractivity contribution in [1.82, 2.24) is 0 Å². The van der Waals surface area contributed by atoms with Crippen LogP contribution in [0.5, 0.6) is 0 Å². The molecule has 3 N–H and O–H groups in total. The molecule has 0 radical (unpaired) electrons. The number of unbranched alkanes of at least 4 members (excludes halogenated alkanes) is 2. The highest BCUT2D eigenvalue weighted by Gasteiger charge is 2.14. The molecule has 0 rings (SSSR count). The Morgan fingerprint density at radius 3 is 1.83 bits per heavy atom. The van der Waals surface area contributed by atoms with Gasteiger partial charge in [-0.15, -0.1) is 0 Å². The van der Waals surface area contributed by atoms with Gasteiger partial charge in [0.25, 0.3) is 0 Å². The zero-order chi connectivity index (χ0) is 18.0. The highest BCUT2D eigenvalue weighted by molar-refractivity contribution is 4.60. The van der Waals surface area contributed by atoms with Crippen LogP contribution in [-0.2, 0) is 18.9 Å². The third-order valence-electron chi connectivity index (χ3n) is 3.25. The minimum atomic E-state index is -0.899. The molecule has 7 nitrogen and oxygen atoms in total. The molecular formula is C17H36O7. The summed E-state index contributed by atoms with van der Waals surface area (Å²) in [6, 6.07) is 0. The van der Waals surface area contributed by atoms with Gasteiger partial charge in [0.2, 0.25) is 0 Å². The van der Waals surface area contributed by atoms with E-state index in [0.29, 0.717) is 19.8 Å². The van der Waals surface area contributed by atoms with Crippen LogP contribution in [0.2, 0.25) is 0 Å². The Hall–Kier alpha value is -0.280. The van der Waals surface area contributed by atoms with E-state index in [0.717, 1.165) is 25.7 Å². The van der Waals surface area contributed by atoms with Crippen LogP contribution < -0.4 is 0 Å². The maximum atomic E-state index is 9.85. The molecule has 0 aromatic rings. The smallest absolute Gasteiger partial charge is 0.104 e. The lowest BCUT2D eigenvalue weighted by Gasteiger charge is -2.21. The van der Waals surface area contributed by atoms with Crippen LogP contribution in [0.15, 0.2) is 0 Å². The van der Waals surface area contributed by atoms with Gasteiger partial charge in [-0.2, -0.15) is 0 Å². The fraction of sp³-hybridized carbons (Fsp3) is 1.00. The van der Waals surface area contributed by atoms with Crippen LogP contribution in [0.1, 0.15) is 39.5 Å². The van der Waals surface area contributed by atoms with Crippen molar-refractivity contribution in [2.24, 2.45) is 0 Å². The second-order valence-electron chi connectivity index (χ2n) is 5.84. The maximum absolute atomic E-state index is 9.85. The minimum Gasteiger partial charge on any atom is -0.394 e. The summed E-state index contributed by atoms with van der Waals surface area (Å²) in [6.07, 6.45) is 2.14. The molecule has 0 spiro atoms. The highest BCUT2D eigenvalue weighted by Crippen LogP contribution is 2.01. The first-order chi connectivity index (χ1) is 11.6. The topological polar surface area (TPSA) is 97.6 Å². The Labute approximate surface area is 145 Å². The Morgan fingerprint density at radius 2 is 1.25 bits per heavy atom. The van der Waals surface area contributed by atoms with E-state index in [1.54, 1.807) is 0 Å². The van der Waals surface area contributed by atoms with Gasteiger partial charge in [0.15, 0.2) is 0 Å². The third kappa shape index (κ3) is 15.3. The first-order valence-corrected chi connectivity index (χ1v) is 8.95. The normalized spacial score (nSPS) is 15.4. The van der Waals surface area contributed by atoms with E-state index in [2.05, 4.69) is 13.8 Å². The Morgan fingerprint density at radius 1 is 0.708 bits per heavy atom. The minimum absolute atomic E-state index is 0.0357. The second-order valence-corrected chi connectivity index (χ2v) is 5.84. The second kappa shape index (κ2) is 17.5. The SMILES string of the molecule is CCCCOCC(O)COC(COCCCC)COCC(O)CO. The van der Waals surface area contributed by atoms with Crippen molar-refractivity contribution in [3.05, 3.63) is 0 Å². The van der Waals surface area contributed by atoms with Gasteiger partial charge in [0, 0.05) is 13.2 Å². The predicted octanol–water partition coefficient (Wildman–Crippen LogP) is 0.736. The molecular weight excluding hydrogens is 316 g/mol. The summed E-state index contributed by atoms with van der Waals surface area (Å²) in [5.41, 5.74) is 0. The fourth-order valence-corrected chi connectivity index (χ4v) is 1.75. The summed E-state index contributed by atoms with van der Waals surface area (Å²) >= 11 is 0. The average Bonchev–Trinajstić information content (AvgIpc) is 2.59. The number of rotatable bonds is 18. The monoisotopic (exact) mass is 352 g/mol. The van der Waals surface area contributed by atoms with Crippen LogP contribution in [0.4, 0.5) is 0 Å². The summed E-state index contributed by atoms with van der Waals surface area (Å²) in [5.74, 6) is 0. The van der Waals surface area contributed by atoms with Crippen molar-refractivity contribution in [2.75, 3.05) is 52.9 Å². The van der Waals surface area contributed by atoms with Crippen LogP contribution in [-0.4, -0.2) is 86.5 Å². The molecule has 0 aromatic heterocycles. The lowest BCUT2D eigenvalue weighted by molar-refractivity contribution is -0.101. The van der Waals surface area contributed by atoms with Gasteiger partial charge in [-0.3, -0.25) is 0 Å². The van der Waals surface area contributed by atoms with Gasteiger partial charge in [-0.1, -0.05) is 26.7 Å². The fourth-order valence-electron chi connectivity index (χ4n) is 1.75. The van der Waals surface area contributed by atoms with E-state index in [1.165, 1.54) is 0 Å². The first kappa shape index (κ1) is 23.7. The lowest BCUT2D eigenvalue weighted by atomic mass is 10.3. The third-order valence-corrected chi connectivity index (χ3v) is 3.25. The molecule has 0 amide bonds. The van der Waals surface area contributed by atoms with Crippen molar-refractivity contribution in [3.8, 4) is 0 Å². The maximum Gasteiger partial charge on any atom is 0.104 e. The van der Waals surface area contributed by atoms with Gasteiger partial charge >= 0.3 is 0 Å². The van der Waals surface area contributed by atoms with Crippen molar-refractivity contribution < 1.29 is 34.3 Å². The zero-order valence-electron chi connectivity index (χ0n) is 15.2. The summed E-state index contributed by atoms with van der Waals surface area (Å²) in [6.45, 7) is 6.13. The molecule has 0 aromatic carbocycles. The molecule has 0 saturated heterocycles. The zero-order valence-corrected chi connectivity index (χ0v) is 15.2. The molecule has 0 aliphatic carbocycles. The highest BCUT2D eigenvalue weighted by atomic mass is 16.6. The van der Waals surface area contributed by atoms with Gasteiger partial charge in [0.05, 0.1) is 39.6 Å². The van der Waals surface area contributed by atoms with Gasteiger partial charge in [-0.25, -0.2) is 0 Å². The quantitative estimate of drug-likeness (QED) is 0.313. The number of aliphatic hydroxyl groups is 3.